The number of hydrogen-bond donors (Lipinski definition) is 0. The maximum Gasteiger partial charge on any atom is 0.172 e. The molecule has 0 aliphatic rings. The van der Waals surface area contributed by atoms with E-state index in [1.165, 1.54) is 0 Å². The summed E-state index contributed by atoms with van der Waals surface area (Å²) in [4.78, 5) is 0. The summed E-state index contributed by atoms with van der Waals surface area (Å²) in [7, 11) is 6.37. The minimum absolute atomic E-state index is 0.555. The van der Waals surface area contributed by atoms with Crippen LogP contribution in [0, 0.1) is 0 Å². The molecule has 0 radical (unpaired) electrons. The third kappa shape index (κ3) is 3.24. The van der Waals surface area contributed by atoms with Gasteiger partial charge in [-0.15, -0.1) is 0 Å². The molecule has 0 saturated carbocycles. The van der Waals surface area contributed by atoms with Crippen LogP contribution in [-0.4, -0.2) is 33.6 Å². The molecule has 3 rings (SSSR count). The predicted octanol–water partition coefficient (Wildman–Crippen LogP) is 4.04. The molecule has 0 atom stereocenters. The molecule has 0 unspecified atom stereocenters. The Hall–Kier alpha value is -3.15. The van der Waals surface area contributed by atoms with Crippen LogP contribution >= 0.6 is 0 Å². The summed E-state index contributed by atoms with van der Waals surface area (Å²) in [5.41, 5.74) is 2.33. The summed E-state index contributed by atoms with van der Waals surface area (Å²) >= 11 is 0. The zero-order valence-electron chi connectivity index (χ0n) is 14.5. The largest absolute Gasteiger partial charge is 0.497 e. The Morgan fingerprint density at radius 3 is 2.08 bits per heavy atom. The summed E-state index contributed by atoms with van der Waals surface area (Å²) in [6, 6.07) is 13.0. The second kappa shape index (κ2) is 7.17. The van der Waals surface area contributed by atoms with Crippen molar-refractivity contribution < 1.29 is 23.5 Å². The van der Waals surface area contributed by atoms with Crippen molar-refractivity contribution in [2.24, 2.45) is 0 Å². The molecule has 6 nitrogen and oxygen atoms in total. The Morgan fingerprint density at radius 1 is 0.760 bits per heavy atom. The highest BCUT2D eigenvalue weighted by Gasteiger charge is 2.19. The van der Waals surface area contributed by atoms with Crippen LogP contribution in [0.25, 0.3) is 22.6 Å². The Morgan fingerprint density at radius 2 is 1.48 bits per heavy atom. The van der Waals surface area contributed by atoms with E-state index in [4.69, 9.17) is 23.5 Å². The van der Waals surface area contributed by atoms with E-state index < -0.39 is 0 Å². The zero-order valence-corrected chi connectivity index (χ0v) is 14.5. The van der Waals surface area contributed by atoms with Gasteiger partial charge in [-0.25, -0.2) is 0 Å². The first-order valence-corrected chi connectivity index (χ1v) is 7.61. The Labute approximate surface area is 145 Å². The highest BCUT2D eigenvalue weighted by molar-refractivity contribution is 5.75. The molecule has 0 aliphatic heterocycles. The smallest absolute Gasteiger partial charge is 0.172 e. The Kier molecular flexibility index (Phi) is 4.79. The van der Waals surface area contributed by atoms with E-state index in [0.717, 1.165) is 11.3 Å². The Balaban J connectivity index is 2.04. The van der Waals surface area contributed by atoms with E-state index in [9.17, 15) is 0 Å². The number of benzene rings is 2. The van der Waals surface area contributed by atoms with Gasteiger partial charge >= 0.3 is 0 Å². The molecule has 0 saturated heterocycles. The molecule has 0 bridgehead atoms. The predicted molar refractivity (Wildman–Crippen MR) is 93.6 cm³/mol. The monoisotopic (exact) mass is 341 g/mol. The fraction of sp³-hybridized carbons (Fsp3) is 0.211. The minimum atomic E-state index is 0.555. The quantitative estimate of drug-likeness (QED) is 0.674. The number of ether oxygens (including phenoxy) is 4. The SMILES string of the molecule is COc1ccc(-c2cc(-c3cc(OC)cc(OC)c3OC)on2)cc1. The van der Waals surface area contributed by atoms with Crippen molar-refractivity contribution in [3.05, 3.63) is 42.5 Å². The minimum Gasteiger partial charge on any atom is -0.497 e. The van der Waals surface area contributed by atoms with Gasteiger partial charge in [0.15, 0.2) is 17.3 Å². The van der Waals surface area contributed by atoms with Crippen molar-refractivity contribution in [2.75, 3.05) is 28.4 Å². The number of methoxy groups -OCH3 is 4. The van der Waals surface area contributed by atoms with Crippen molar-refractivity contribution in [2.45, 2.75) is 0 Å². The van der Waals surface area contributed by atoms with Gasteiger partial charge in [0.1, 0.15) is 17.2 Å². The molecule has 3 aromatic rings. The molecular weight excluding hydrogens is 322 g/mol. The van der Waals surface area contributed by atoms with Crippen molar-refractivity contribution in [3.8, 4) is 45.6 Å². The van der Waals surface area contributed by atoms with Crippen LogP contribution in [0.15, 0.2) is 47.0 Å². The average molecular weight is 341 g/mol. The molecular formula is C19H19NO5. The van der Waals surface area contributed by atoms with Gasteiger partial charge in [0.25, 0.3) is 0 Å². The molecule has 0 aliphatic carbocycles. The van der Waals surface area contributed by atoms with E-state index in [1.54, 1.807) is 34.5 Å². The first-order valence-electron chi connectivity index (χ1n) is 7.61. The molecule has 130 valence electrons. The summed E-state index contributed by atoms with van der Waals surface area (Å²) in [5, 5.41) is 4.15. The standard InChI is InChI=1S/C19H19NO5/c1-21-13-7-5-12(6-8-13)16-11-17(25-20-16)15-9-14(22-2)10-18(23-3)19(15)24-4/h5-11H,1-4H3. The van der Waals surface area contributed by atoms with E-state index in [0.29, 0.717) is 34.3 Å². The summed E-state index contributed by atoms with van der Waals surface area (Å²) < 4.78 is 26.9. The van der Waals surface area contributed by atoms with Crippen molar-refractivity contribution >= 4 is 0 Å². The van der Waals surface area contributed by atoms with E-state index >= 15 is 0 Å². The lowest BCUT2D eigenvalue weighted by Crippen LogP contribution is -1.95. The number of nitrogens with zero attached hydrogens (tertiary/aromatic N) is 1. The van der Waals surface area contributed by atoms with E-state index in [1.807, 2.05) is 36.4 Å². The highest BCUT2D eigenvalue weighted by atomic mass is 16.5. The molecule has 0 spiro atoms. The summed E-state index contributed by atoms with van der Waals surface area (Å²) in [5.74, 6) is 3.08. The van der Waals surface area contributed by atoms with Gasteiger partial charge in [-0.1, -0.05) is 5.16 Å². The molecule has 0 N–H and O–H groups in total. The van der Waals surface area contributed by atoms with Crippen molar-refractivity contribution in [1.82, 2.24) is 5.16 Å². The van der Waals surface area contributed by atoms with Crippen LogP contribution < -0.4 is 18.9 Å². The van der Waals surface area contributed by atoms with Gasteiger partial charge in [-0.3, -0.25) is 0 Å². The van der Waals surface area contributed by atoms with E-state index in [2.05, 4.69) is 5.16 Å². The first-order chi connectivity index (χ1) is 12.2. The number of rotatable bonds is 6. The fourth-order valence-electron chi connectivity index (χ4n) is 2.54. The summed E-state index contributed by atoms with van der Waals surface area (Å²) in [6.45, 7) is 0. The van der Waals surface area contributed by atoms with Gasteiger partial charge in [0.2, 0.25) is 0 Å². The van der Waals surface area contributed by atoms with Gasteiger partial charge in [-0.2, -0.15) is 0 Å². The second-order valence-electron chi connectivity index (χ2n) is 5.22. The molecule has 1 aromatic heterocycles. The van der Waals surface area contributed by atoms with Crippen LogP contribution in [0.2, 0.25) is 0 Å². The normalized spacial score (nSPS) is 10.4. The maximum absolute atomic E-state index is 5.53. The van der Waals surface area contributed by atoms with Crippen molar-refractivity contribution in [1.29, 1.82) is 0 Å². The van der Waals surface area contributed by atoms with Crippen LogP contribution in [0.4, 0.5) is 0 Å². The molecule has 25 heavy (non-hydrogen) atoms. The second-order valence-corrected chi connectivity index (χ2v) is 5.22. The summed E-state index contributed by atoms with van der Waals surface area (Å²) in [6.07, 6.45) is 0. The molecule has 0 amide bonds. The highest BCUT2D eigenvalue weighted by Crippen LogP contribution is 2.42. The molecule has 2 aromatic carbocycles. The van der Waals surface area contributed by atoms with Crippen LogP contribution in [0.3, 0.4) is 0 Å². The number of hydrogen-bond acceptors (Lipinski definition) is 6. The van der Waals surface area contributed by atoms with Gasteiger partial charge < -0.3 is 23.5 Å². The van der Waals surface area contributed by atoms with Crippen LogP contribution in [0.1, 0.15) is 0 Å². The molecule has 6 heteroatoms. The van der Waals surface area contributed by atoms with Crippen LogP contribution in [-0.2, 0) is 0 Å². The molecule has 1 heterocycles. The zero-order chi connectivity index (χ0) is 17.8. The lowest BCUT2D eigenvalue weighted by atomic mass is 10.1. The van der Waals surface area contributed by atoms with Crippen LogP contribution in [0.5, 0.6) is 23.0 Å². The number of aromatic nitrogens is 1. The topological polar surface area (TPSA) is 63.0 Å². The lowest BCUT2D eigenvalue weighted by Gasteiger charge is -2.12. The Bertz CT molecular complexity index is 855. The maximum atomic E-state index is 5.53. The van der Waals surface area contributed by atoms with E-state index in [-0.39, 0.29) is 0 Å². The fourth-order valence-corrected chi connectivity index (χ4v) is 2.54. The molecule has 0 fully saturated rings. The van der Waals surface area contributed by atoms with Crippen molar-refractivity contribution in [3.63, 3.8) is 0 Å². The third-order valence-corrected chi connectivity index (χ3v) is 3.85. The third-order valence-electron chi connectivity index (χ3n) is 3.85. The average Bonchev–Trinajstić information content (AvgIpc) is 3.16. The lowest BCUT2D eigenvalue weighted by molar-refractivity contribution is 0.348. The van der Waals surface area contributed by atoms with Gasteiger partial charge in [0, 0.05) is 17.7 Å². The van der Waals surface area contributed by atoms with Gasteiger partial charge in [0.05, 0.1) is 34.0 Å². The first kappa shape index (κ1) is 16.7. The van der Waals surface area contributed by atoms with Gasteiger partial charge in [-0.05, 0) is 30.3 Å².